The number of rotatable bonds is 9. The summed E-state index contributed by atoms with van der Waals surface area (Å²) in [4.78, 5) is 14.9. The Hall–Kier alpha value is -1.19. The molecule has 1 fully saturated rings. The lowest BCUT2D eigenvalue weighted by Crippen LogP contribution is -2.51. The molecule has 2 rings (SSSR count). The third kappa shape index (κ3) is 6.42. The van der Waals surface area contributed by atoms with Gasteiger partial charge in [-0.15, -0.1) is 0 Å². The largest absolute Gasteiger partial charge is 0.379 e. The number of nitrogens with zero attached hydrogens (tertiary/aromatic N) is 1. The van der Waals surface area contributed by atoms with Gasteiger partial charge in [-0.05, 0) is 30.5 Å². The van der Waals surface area contributed by atoms with E-state index in [4.69, 9.17) is 16.3 Å². The Morgan fingerprint density at radius 1 is 1.32 bits per heavy atom. The molecule has 0 aromatic heterocycles. The van der Waals surface area contributed by atoms with E-state index >= 15 is 0 Å². The Bertz CT molecular complexity index is 766. The number of carbonyl (C=O) groups excluding carboxylic acids is 1. The van der Waals surface area contributed by atoms with Gasteiger partial charge in [-0.25, -0.2) is 8.42 Å². The molecule has 0 unspecified atom stereocenters. The van der Waals surface area contributed by atoms with Crippen molar-refractivity contribution in [2.75, 3.05) is 39.4 Å². The molecule has 1 saturated heterocycles. The minimum absolute atomic E-state index is 0.0193. The van der Waals surface area contributed by atoms with Crippen LogP contribution in [-0.4, -0.2) is 64.7 Å². The molecule has 1 aliphatic rings. The van der Waals surface area contributed by atoms with Crippen molar-refractivity contribution in [3.63, 3.8) is 0 Å². The second-order valence-corrected chi connectivity index (χ2v) is 9.25. The number of hydrogen-bond donors (Lipinski definition) is 2. The van der Waals surface area contributed by atoms with Crippen LogP contribution >= 0.6 is 11.6 Å². The SMILES string of the molecule is CC[C@@H](C)[C@H](NS(=O)(=O)c1ccc(C)cc1Cl)C(=O)NCCN1CCOCC1. The molecule has 2 N–H and O–H groups in total. The van der Waals surface area contributed by atoms with E-state index in [1.54, 1.807) is 12.1 Å². The number of halogens is 1. The van der Waals surface area contributed by atoms with Gasteiger partial charge in [0.25, 0.3) is 0 Å². The van der Waals surface area contributed by atoms with Gasteiger partial charge in [0.15, 0.2) is 0 Å². The summed E-state index contributed by atoms with van der Waals surface area (Å²) in [6.45, 7) is 9.84. The zero-order valence-electron chi connectivity index (χ0n) is 16.7. The minimum atomic E-state index is -3.92. The van der Waals surface area contributed by atoms with Crippen molar-refractivity contribution in [3.05, 3.63) is 28.8 Å². The van der Waals surface area contributed by atoms with Crippen LogP contribution in [0.15, 0.2) is 23.1 Å². The summed E-state index contributed by atoms with van der Waals surface area (Å²) in [5.74, 6) is -0.489. The van der Waals surface area contributed by atoms with Crippen LogP contribution < -0.4 is 10.0 Å². The summed E-state index contributed by atoms with van der Waals surface area (Å²) >= 11 is 6.12. The van der Waals surface area contributed by atoms with Crippen LogP contribution in [0.1, 0.15) is 25.8 Å². The zero-order valence-corrected chi connectivity index (χ0v) is 18.3. The third-order valence-corrected chi connectivity index (χ3v) is 6.91. The van der Waals surface area contributed by atoms with Gasteiger partial charge in [-0.3, -0.25) is 9.69 Å². The molecule has 0 bridgehead atoms. The Labute approximate surface area is 172 Å². The summed E-state index contributed by atoms with van der Waals surface area (Å²) in [6.07, 6.45) is 0.658. The van der Waals surface area contributed by atoms with Gasteiger partial charge in [-0.2, -0.15) is 4.72 Å². The first-order valence-corrected chi connectivity index (χ1v) is 11.5. The van der Waals surface area contributed by atoms with Gasteiger partial charge < -0.3 is 10.1 Å². The Morgan fingerprint density at radius 3 is 2.61 bits per heavy atom. The van der Waals surface area contributed by atoms with E-state index in [0.29, 0.717) is 32.7 Å². The van der Waals surface area contributed by atoms with E-state index in [0.717, 1.165) is 18.7 Å². The second-order valence-electron chi connectivity index (χ2n) is 7.16. The summed E-state index contributed by atoms with van der Waals surface area (Å²) in [6, 6.07) is 3.87. The molecule has 9 heteroatoms. The van der Waals surface area contributed by atoms with E-state index in [1.807, 2.05) is 20.8 Å². The average Bonchev–Trinajstić information content (AvgIpc) is 2.66. The highest BCUT2D eigenvalue weighted by atomic mass is 35.5. The summed E-state index contributed by atoms with van der Waals surface area (Å²) in [5, 5.41) is 3.00. The summed E-state index contributed by atoms with van der Waals surface area (Å²) in [5.41, 5.74) is 0.864. The van der Waals surface area contributed by atoms with Crippen LogP contribution in [0.25, 0.3) is 0 Å². The highest BCUT2D eigenvalue weighted by Crippen LogP contribution is 2.23. The van der Waals surface area contributed by atoms with E-state index in [-0.39, 0.29) is 21.7 Å². The van der Waals surface area contributed by atoms with Gasteiger partial charge in [0, 0.05) is 26.2 Å². The van der Waals surface area contributed by atoms with Crippen molar-refractivity contribution >= 4 is 27.5 Å². The zero-order chi connectivity index (χ0) is 20.7. The average molecular weight is 432 g/mol. The number of hydrogen-bond acceptors (Lipinski definition) is 5. The van der Waals surface area contributed by atoms with Crippen molar-refractivity contribution in [2.24, 2.45) is 5.92 Å². The van der Waals surface area contributed by atoms with Crippen LogP contribution in [0.4, 0.5) is 0 Å². The third-order valence-electron chi connectivity index (χ3n) is 4.99. The molecule has 0 saturated carbocycles. The smallest absolute Gasteiger partial charge is 0.242 e. The topological polar surface area (TPSA) is 87.7 Å². The molecule has 0 aliphatic carbocycles. The van der Waals surface area contributed by atoms with Gasteiger partial charge >= 0.3 is 0 Å². The Morgan fingerprint density at radius 2 is 2.00 bits per heavy atom. The van der Waals surface area contributed by atoms with Crippen molar-refractivity contribution in [1.82, 2.24) is 14.9 Å². The number of aryl methyl sites for hydroxylation is 1. The fraction of sp³-hybridized carbons (Fsp3) is 0.632. The first-order valence-electron chi connectivity index (χ1n) is 9.61. The molecule has 0 spiro atoms. The molecule has 1 amide bonds. The number of benzene rings is 1. The van der Waals surface area contributed by atoms with Crippen LogP contribution in [0.5, 0.6) is 0 Å². The summed E-state index contributed by atoms with van der Waals surface area (Å²) < 4.78 is 33.5. The van der Waals surface area contributed by atoms with Crippen LogP contribution in [0.3, 0.4) is 0 Å². The summed E-state index contributed by atoms with van der Waals surface area (Å²) in [7, 11) is -3.92. The molecule has 1 heterocycles. The van der Waals surface area contributed by atoms with Crippen LogP contribution in [-0.2, 0) is 19.6 Å². The van der Waals surface area contributed by atoms with Gasteiger partial charge in [0.1, 0.15) is 10.9 Å². The van der Waals surface area contributed by atoms with E-state index < -0.39 is 16.1 Å². The standard InChI is InChI=1S/C19H30ClN3O4S/c1-4-15(3)18(19(24)21-7-8-23-9-11-27-12-10-23)22-28(25,26)17-6-5-14(2)13-16(17)20/h5-6,13,15,18,22H,4,7-12H2,1-3H3,(H,21,24)/t15-,18+/m1/s1. The Kier molecular flexibility index (Phi) is 8.70. The maximum atomic E-state index is 12.8. The number of amides is 1. The number of sulfonamides is 1. The highest BCUT2D eigenvalue weighted by molar-refractivity contribution is 7.89. The predicted molar refractivity (Wildman–Crippen MR) is 110 cm³/mol. The maximum absolute atomic E-state index is 12.8. The number of carbonyl (C=O) groups is 1. The van der Waals surface area contributed by atoms with Gasteiger partial charge in [0.2, 0.25) is 15.9 Å². The number of nitrogens with one attached hydrogen (secondary N) is 2. The quantitative estimate of drug-likeness (QED) is 0.622. The minimum Gasteiger partial charge on any atom is -0.379 e. The van der Waals surface area contributed by atoms with Crippen molar-refractivity contribution < 1.29 is 17.9 Å². The molecular formula is C19H30ClN3O4S. The molecule has 1 aromatic rings. The van der Waals surface area contributed by atoms with Crippen LogP contribution in [0.2, 0.25) is 5.02 Å². The highest BCUT2D eigenvalue weighted by Gasteiger charge is 2.30. The monoisotopic (exact) mass is 431 g/mol. The molecular weight excluding hydrogens is 402 g/mol. The molecule has 158 valence electrons. The predicted octanol–water partition coefficient (Wildman–Crippen LogP) is 1.79. The van der Waals surface area contributed by atoms with Crippen molar-refractivity contribution in [3.8, 4) is 0 Å². The van der Waals surface area contributed by atoms with Crippen molar-refractivity contribution in [1.29, 1.82) is 0 Å². The first-order chi connectivity index (χ1) is 13.2. The maximum Gasteiger partial charge on any atom is 0.242 e. The molecule has 7 nitrogen and oxygen atoms in total. The van der Waals surface area contributed by atoms with Crippen LogP contribution in [0, 0.1) is 12.8 Å². The first kappa shape index (κ1) is 23.1. The fourth-order valence-corrected chi connectivity index (χ4v) is 4.89. The van der Waals surface area contributed by atoms with Gasteiger partial charge in [0.05, 0.1) is 18.2 Å². The molecule has 1 aliphatic heterocycles. The van der Waals surface area contributed by atoms with Gasteiger partial charge in [-0.1, -0.05) is 37.9 Å². The lowest BCUT2D eigenvalue weighted by molar-refractivity contribution is -0.123. The second kappa shape index (κ2) is 10.5. The van der Waals surface area contributed by atoms with E-state index in [9.17, 15) is 13.2 Å². The lowest BCUT2D eigenvalue weighted by Gasteiger charge is -2.27. The molecule has 0 radical (unpaired) electrons. The lowest BCUT2D eigenvalue weighted by atomic mass is 9.99. The Balaban J connectivity index is 2.04. The van der Waals surface area contributed by atoms with E-state index in [1.165, 1.54) is 6.07 Å². The molecule has 2 atom stereocenters. The molecule has 1 aromatic carbocycles. The normalized spacial score (nSPS) is 17.9. The van der Waals surface area contributed by atoms with E-state index in [2.05, 4.69) is 14.9 Å². The number of ether oxygens (including phenoxy) is 1. The number of morpholine rings is 1. The fourth-order valence-electron chi connectivity index (χ4n) is 2.99. The van der Waals surface area contributed by atoms with Crippen molar-refractivity contribution in [2.45, 2.75) is 38.1 Å². The molecule has 28 heavy (non-hydrogen) atoms.